The van der Waals surface area contributed by atoms with Gasteiger partial charge in [0.1, 0.15) is 5.75 Å². The predicted octanol–water partition coefficient (Wildman–Crippen LogP) is 2.00. The highest BCUT2D eigenvalue weighted by atomic mass is 32.1. The highest BCUT2D eigenvalue weighted by molar-refractivity contribution is 7.22. The minimum absolute atomic E-state index is 0.0654. The number of ether oxygens (including phenoxy) is 2. The molecule has 0 bridgehead atoms. The van der Waals surface area contributed by atoms with Crippen LogP contribution in [0.15, 0.2) is 18.2 Å². The summed E-state index contributed by atoms with van der Waals surface area (Å²) in [6.07, 6.45) is 1.29. The quantitative estimate of drug-likeness (QED) is 0.899. The Morgan fingerprint density at radius 3 is 2.95 bits per heavy atom. The maximum Gasteiger partial charge on any atom is 0.233 e. The van der Waals surface area contributed by atoms with Gasteiger partial charge in [-0.25, -0.2) is 4.98 Å². The molecule has 0 atom stereocenters. The lowest BCUT2D eigenvalue weighted by atomic mass is 9.79. The van der Waals surface area contributed by atoms with Crippen LogP contribution in [0.3, 0.4) is 0 Å². The molecule has 1 aliphatic rings. The van der Waals surface area contributed by atoms with Gasteiger partial charge in [-0.15, -0.1) is 0 Å². The molecule has 1 aliphatic heterocycles. The Morgan fingerprint density at radius 2 is 2.27 bits per heavy atom. The normalized spacial score (nSPS) is 17.4. The number of nitrogens with one attached hydrogen (secondary N) is 1. The third-order valence-electron chi connectivity index (χ3n) is 4.14. The Labute approximate surface area is 132 Å². The lowest BCUT2D eigenvalue weighted by Gasteiger charge is -2.34. The van der Waals surface area contributed by atoms with Crippen LogP contribution >= 0.6 is 11.3 Å². The fraction of sp³-hybridized carbons (Fsp3) is 0.467. The van der Waals surface area contributed by atoms with Gasteiger partial charge >= 0.3 is 0 Å². The first-order chi connectivity index (χ1) is 10.7. The van der Waals surface area contributed by atoms with Gasteiger partial charge in [0.25, 0.3) is 0 Å². The van der Waals surface area contributed by atoms with Crippen molar-refractivity contribution in [2.45, 2.75) is 12.8 Å². The molecule has 1 aromatic carbocycles. The van der Waals surface area contributed by atoms with E-state index in [-0.39, 0.29) is 5.91 Å². The van der Waals surface area contributed by atoms with E-state index in [9.17, 15) is 4.79 Å². The molecule has 1 aromatic heterocycles. The Hall–Kier alpha value is -1.70. The smallest absolute Gasteiger partial charge is 0.233 e. The number of methoxy groups -OCH3 is 1. The van der Waals surface area contributed by atoms with Crippen LogP contribution < -0.4 is 15.8 Å². The number of thiazole rings is 1. The predicted molar refractivity (Wildman–Crippen MR) is 86.3 cm³/mol. The standard InChI is InChI=1S/C15H19N3O3S/c1-20-10-2-3-11-12(8-10)22-14(17-11)18-13(19)15(9-16)4-6-21-7-5-15/h2-3,8H,4-7,9,16H2,1H3,(H,17,18,19). The SMILES string of the molecule is COc1ccc2nc(NC(=O)C3(CN)CCOCC3)sc2c1. The topological polar surface area (TPSA) is 86.5 Å². The van der Waals surface area contributed by atoms with Gasteiger partial charge in [0.2, 0.25) is 5.91 Å². The van der Waals surface area contributed by atoms with Crippen LogP contribution in [-0.2, 0) is 9.53 Å². The second kappa shape index (κ2) is 6.20. The van der Waals surface area contributed by atoms with Crippen molar-refractivity contribution in [1.29, 1.82) is 0 Å². The minimum Gasteiger partial charge on any atom is -0.497 e. The molecule has 1 amide bonds. The first-order valence-corrected chi connectivity index (χ1v) is 8.02. The summed E-state index contributed by atoms with van der Waals surface area (Å²) in [5, 5.41) is 3.51. The number of fused-ring (bicyclic) bond motifs is 1. The number of rotatable bonds is 4. The average molecular weight is 321 g/mol. The van der Waals surface area contributed by atoms with Crippen molar-refractivity contribution in [1.82, 2.24) is 4.98 Å². The van der Waals surface area contributed by atoms with Crippen LogP contribution in [0.25, 0.3) is 10.2 Å². The number of nitrogens with two attached hydrogens (primary N) is 1. The molecule has 3 N–H and O–H groups in total. The van der Waals surface area contributed by atoms with Gasteiger partial charge in [0, 0.05) is 19.8 Å². The lowest BCUT2D eigenvalue weighted by molar-refractivity contribution is -0.130. The van der Waals surface area contributed by atoms with Crippen molar-refractivity contribution < 1.29 is 14.3 Å². The number of aromatic nitrogens is 1. The second-order valence-electron chi connectivity index (χ2n) is 5.40. The van der Waals surface area contributed by atoms with E-state index >= 15 is 0 Å². The Morgan fingerprint density at radius 1 is 1.50 bits per heavy atom. The molecule has 0 spiro atoms. The Kier molecular flexibility index (Phi) is 4.28. The van der Waals surface area contributed by atoms with Crippen LogP contribution in [-0.4, -0.2) is 37.8 Å². The van der Waals surface area contributed by atoms with E-state index in [1.54, 1.807) is 7.11 Å². The first-order valence-electron chi connectivity index (χ1n) is 7.21. The number of nitrogens with zero attached hydrogens (tertiary/aromatic N) is 1. The van der Waals surface area contributed by atoms with Crippen molar-refractivity contribution in [3.63, 3.8) is 0 Å². The summed E-state index contributed by atoms with van der Waals surface area (Å²) in [7, 11) is 1.63. The molecule has 0 saturated carbocycles. The third kappa shape index (κ3) is 2.79. The molecule has 22 heavy (non-hydrogen) atoms. The van der Waals surface area contributed by atoms with Crippen molar-refractivity contribution in [3.05, 3.63) is 18.2 Å². The van der Waals surface area contributed by atoms with Gasteiger partial charge in [-0.3, -0.25) is 4.79 Å². The van der Waals surface area contributed by atoms with Crippen LogP contribution in [0, 0.1) is 5.41 Å². The Balaban J connectivity index is 1.81. The van der Waals surface area contributed by atoms with E-state index < -0.39 is 5.41 Å². The molecule has 3 rings (SSSR count). The van der Waals surface area contributed by atoms with Gasteiger partial charge in [-0.2, -0.15) is 0 Å². The van der Waals surface area contributed by atoms with Gasteiger partial charge in [0.15, 0.2) is 5.13 Å². The maximum absolute atomic E-state index is 12.6. The van der Waals surface area contributed by atoms with Crippen molar-refractivity contribution in [2.75, 3.05) is 32.2 Å². The van der Waals surface area contributed by atoms with E-state index in [0.717, 1.165) is 16.0 Å². The maximum atomic E-state index is 12.6. The molecule has 0 radical (unpaired) electrons. The zero-order chi connectivity index (χ0) is 15.6. The number of amides is 1. The Bertz CT molecular complexity index is 680. The van der Waals surface area contributed by atoms with Gasteiger partial charge in [-0.05, 0) is 31.0 Å². The van der Waals surface area contributed by atoms with Gasteiger partial charge < -0.3 is 20.5 Å². The molecule has 2 aromatic rings. The van der Waals surface area contributed by atoms with Crippen molar-refractivity contribution >= 4 is 32.6 Å². The van der Waals surface area contributed by atoms with Crippen LogP contribution in [0.5, 0.6) is 5.75 Å². The molecule has 118 valence electrons. The summed E-state index contributed by atoms with van der Waals surface area (Å²) in [6.45, 7) is 1.46. The van der Waals surface area contributed by atoms with Crippen LogP contribution in [0.2, 0.25) is 0 Å². The molecular weight excluding hydrogens is 302 g/mol. The van der Waals surface area contributed by atoms with Gasteiger partial charge in [0.05, 0.1) is 22.7 Å². The number of benzene rings is 1. The lowest BCUT2D eigenvalue weighted by Crippen LogP contribution is -2.46. The second-order valence-corrected chi connectivity index (χ2v) is 6.43. The number of anilines is 1. The average Bonchev–Trinajstić information content (AvgIpc) is 2.96. The summed E-state index contributed by atoms with van der Waals surface area (Å²) >= 11 is 1.43. The third-order valence-corrected chi connectivity index (χ3v) is 5.07. The first kappa shape index (κ1) is 15.2. The van der Waals surface area contributed by atoms with Crippen molar-refractivity contribution in [3.8, 4) is 5.75 Å². The van der Waals surface area contributed by atoms with E-state index in [4.69, 9.17) is 15.2 Å². The molecule has 1 saturated heterocycles. The fourth-order valence-corrected chi connectivity index (χ4v) is 3.49. The summed E-state index contributed by atoms with van der Waals surface area (Å²) in [5.74, 6) is 0.709. The van der Waals surface area contributed by atoms with Crippen LogP contribution in [0.1, 0.15) is 12.8 Å². The summed E-state index contributed by atoms with van der Waals surface area (Å²) in [4.78, 5) is 17.1. The molecule has 2 heterocycles. The summed E-state index contributed by atoms with van der Waals surface area (Å²) in [5.41, 5.74) is 6.15. The number of carbonyl (C=O) groups is 1. The monoisotopic (exact) mass is 321 g/mol. The largest absolute Gasteiger partial charge is 0.497 e. The highest BCUT2D eigenvalue weighted by Gasteiger charge is 2.39. The summed E-state index contributed by atoms with van der Waals surface area (Å²) in [6, 6.07) is 5.65. The van der Waals surface area contributed by atoms with E-state index in [0.29, 0.717) is 37.7 Å². The van der Waals surface area contributed by atoms with E-state index in [1.807, 2.05) is 18.2 Å². The fourth-order valence-electron chi connectivity index (χ4n) is 2.60. The molecule has 0 aliphatic carbocycles. The minimum atomic E-state index is -0.548. The van der Waals surface area contributed by atoms with Gasteiger partial charge in [-0.1, -0.05) is 11.3 Å². The molecule has 0 unspecified atom stereocenters. The number of hydrogen-bond acceptors (Lipinski definition) is 6. The summed E-state index contributed by atoms with van der Waals surface area (Å²) < 4.78 is 11.5. The number of carbonyl (C=O) groups excluding carboxylic acids is 1. The molecule has 6 nitrogen and oxygen atoms in total. The van der Waals surface area contributed by atoms with Crippen molar-refractivity contribution in [2.24, 2.45) is 11.1 Å². The zero-order valence-corrected chi connectivity index (χ0v) is 13.2. The number of hydrogen-bond donors (Lipinski definition) is 2. The molecule has 7 heteroatoms. The van der Waals surface area contributed by atoms with Crippen LogP contribution in [0.4, 0.5) is 5.13 Å². The van der Waals surface area contributed by atoms with E-state index in [2.05, 4.69) is 10.3 Å². The highest BCUT2D eigenvalue weighted by Crippen LogP contribution is 2.33. The molecular formula is C15H19N3O3S. The van der Waals surface area contributed by atoms with E-state index in [1.165, 1.54) is 11.3 Å². The molecule has 1 fully saturated rings. The zero-order valence-electron chi connectivity index (χ0n) is 12.4.